The highest BCUT2D eigenvalue weighted by molar-refractivity contribution is 9.10. The summed E-state index contributed by atoms with van der Waals surface area (Å²) in [4.78, 5) is 19.1. The molecule has 0 spiro atoms. The number of benzene rings is 1. The average Bonchev–Trinajstić information content (AvgIpc) is 2.53. The predicted octanol–water partition coefficient (Wildman–Crippen LogP) is -0.688. The molecule has 0 aromatic heterocycles. The Morgan fingerprint density at radius 2 is 1.92 bits per heavy atom. The van der Waals surface area contributed by atoms with Crippen molar-refractivity contribution in [3.63, 3.8) is 0 Å². The lowest BCUT2D eigenvalue weighted by Crippen LogP contribution is -2.58. The molecule has 134 valence electrons. The second kappa shape index (κ2) is 8.22. The summed E-state index contributed by atoms with van der Waals surface area (Å²) in [6.07, 6.45) is 6.11. The predicted molar refractivity (Wildman–Crippen MR) is 86.1 cm³/mol. The highest BCUT2D eigenvalue weighted by atomic mass is 79.9. The maximum atomic E-state index is 12.5. The van der Waals surface area contributed by atoms with Crippen LogP contribution in [0.3, 0.4) is 0 Å². The zero-order valence-electron chi connectivity index (χ0n) is 13.3. The van der Waals surface area contributed by atoms with Crippen molar-refractivity contribution in [2.45, 2.75) is 6.92 Å². The van der Waals surface area contributed by atoms with Crippen molar-refractivity contribution in [2.24, 2.45) is 10.9 Å². The van der Waals surface area contributed by atoms with Gasteiger partial charge in [0.15, 0.2) is 5.78 Å². The van der Waals surface area contributed by atoms with Crippen LogP contribution in [0, 0.1) is 16.2 Å². The quantitative estimate of drug-likeness (QED) is 0.619. The number of hydrogen-bond acceptors (Lipinski definition) is 7. The summed E-state index contributed by atoms with van der Waals surface area (Å²) in [5.74, 6) is 1.06. The number of nitrogens with zero attached hydrogens (tertiary/aromatic N) is 2. The number of allylic oxidation sites excluding steroid dienone is 2. The van der Waals surface area contributed by atoms with Crippen molar-refractivity contribution in [3.05, 3.63) is 58.2 Å². The molecule has 7 nitrogen and oxygen atoms in total. The molecule has 2 aliphatic heterocycles. The summed E-state index contributed by atoms with van der Waals surface area (Å²) in [5, 5.41) is 0. The summed E-state index contributed by atoms with van der Waals surface area (Å²) in [7, 11) is -4.69. The third-order valence-electron chi connectivity index (χ3n) is 3.56. The average molecular weight is 432 g/mol. The van der Waals surface area contributed by atoms with Crippen molar-refractivity contribution >= 4 is 27.5 Å². The lowest BCUT2D eigenvalue weighted by atomic mass is 9.95. The van der Waals surface area contributed by atoms with E-state index in [1.165, 1.54) is 5.57 Å². The molecule has 1 N–H and O–H groups in total. The normalized spacial score (nSPS) is 19.3. The van der Waals surface area contributed by atoms with Crippen LogP contribution < -0.4 is 14.0 Å². The molecule has 0 radical (unpaired) electrons. The molecule has 3 rings (SSSR count). The summed E-state index contributed by atoms with van der Waals surface area (Å²) in [6, 6.07) is 7.53. The van der Waals surface area contributed by atoms with Crippen LogP contribution in [0.4, 0.5) is 0 Å². The minimum absolute atomic E-state index is 0.0728. The molecule has 0 bridgehead atoms. The number of amidine groups is 1. The second-order valence-corrected chi connectivity index (χ2v) is 7.23. The van der Waals surface area contributed by atoms with Gasteiger partial charge >= 0.3 is 0 Å². The number of hydrogen-bond donors (Lipinski definition) is 1. The molecular formula is C16H16BrClN2O5. The monoisotopic (exact) mass is 430 g/mol. The molecule has 2 heterocycles. The zero-order valence-corrected chi connectivity index (χ0v) is 15.6. The van der Waals surface area contributed by atoms with Crippen molar-refractivity contribution < 1.29 is 33.7 Å². The van der Waals surface area contributed by atoms with Gasteiger partial charge in [-0.2, -0.15) is 14.0 Å². The number of rotatable bonds is 2. The highest BCUT2D eigenvalue weighted by Crippen LogP contribution is 2.21. The number of ketones is 1. The SMILES string of the molecule is CC1=CC2=NCC(C(=O)c3ccc(Br)cc3)CN2C=C1.[O-][Cl+3]([O-])([O-])O. The van der Waals surface area contributed by atoms with E-state index in [1.807, 2.05) is 36.5 Å². The standard InChI is InChI=1S/C16H15BrN2O.ClHO4/c1-11-6-7-19-10-13(9-18-15(19)8-11)16(20)12-2-4-14(17)5-3-12;2-1(3,4)5/h2-8,13H,9-10H2,1H3;(H,2,3,4,5). The Hall–Kier alpha value is -1.55. The fourth-order valence-corrected chi connectivity index (χ4v) is 2.69. The fourth-order valence-electron chi connectivity index (χ4n) is 2.42. The van der Waals surface area contributed by atoms with Crippen molar-refractivity contribution in [1.82, 2.24) is 4.90 Å². The minimum Gasteiger partial charge on any atom is -0.333 e. The largest absolute Gasteiger partial charge is 0.333 e. The number of carbonyl (C=O) groups is 1. The second-order valence-electron chi connectivity index (χ2n) is 5.52. The highest BCUT2D eigenvalue weighted by Gasteiger charge is 2.27. The summed E-state index contributed by atoms with van der Waals surface area (Å²) in [6.45, 7) is 3.32. The van der Waals surface area contributed by atoms with Gasteiger partial charge < -0.3 is 4.90 Å². The summed E-state index contributed by atoms with van der Waals surface area (Å²) >= 11 is 3.38. The van der Waals surface area contributed by atoms with E-state index < -0.39 is 10.2 Å². The molecule has 0 fully saturated rings. The van der Waals surface area contributed by atoms with E-state index >= 15 is 0 Å². The Morgan fingerprint density at radius 3 is 2.52 bits per heavy atom. The van der Waals surface area contributed by atoms with Crippen molar-refractivity contribution in [3.8, 4) is 0 Å². The Bertz CT molecular complexity index is 719. The third-order valence-corrected chi connectivity index (χ3v) is 4.09. The molecule has 1 aromatic rings. The number of Topliss-reactive ketones (excluding diaryl/α,β-unsaturated/α-hetero) is 1. The smallest absolute Gasteiger partial charge is 0.169 e. The number of aliphatic imine (C=N–C) groups is 1. The van der Waals surface area contributed by atoms with Gasteiger partial charge in [-0.05, 0) is 36.8 Å². The van der Waals surface area contributed by atoms with Gasteiger partial charge in [0.1, 0.15) is 5.84 Å². The first-order chi connectivity index (χ1) is 11.6. The topological polar surface area (TPSA) is 122 Å². The Kier molecular flexibility index (Phi) is 6.50. The Balaban J connectivity index is 0.000000399. The van der Waals surface area contributed by atoms with E-state index in [9.17, 15) is 4.79 Å². The molecule has 0 amide bonds. The van der Waals surface area contributed by atoms with E-state index in [0.29, 0.717) is 13.1 Å². The van der Waals surface area contributed by atoms with Gasteiger partial charge in [0.2, 0.25) is 0 Å². The summed E-state index contributed by atoms with van der Waals surface area (Å²) in [5.41, 5.74) is 1.95. The van der Waals surface area contributed by atoms with E-state index in [4.69, 9.17) is 18.6 Å². The van der Waals surface area contributed by atoms with Gasteiger partial charge in [-0.3, -0.25) is 9.79 Å². The molecule has 1 aromatic carbocycles. The molecular weight excluding hydrogens is 416 g/mol. The third kappa shape index (κ3) is 6.35. The van der Waals surface area contributed by atoms with Crippen LogP contribution in [-0.2, 0) is 0 Å². The Morgan fingerprint density at radius 1 is 1.32 bits per heavy atom. The molecule has 1 unspecified atom stereocenters. The van der Waals surface area contributed by atoms with Crippen molar-refractivity contribution in [2.75, 3.05) is 13.1 Å². The van der Waals surface area contributed by atoms with E-state index in [0.717, 1.165) is 15.9 Å². The summed E-state index contributed by atoms with van der Waals surface area (Å²) < 4.78 is 33.7. The van der Waals surface area contributed by atoms with Crippen LogP contribution >= 0.6 is 15.9 Å². The van der Waals surface area contributed by atoms with E-state index in [2.05, 4.69) is 38.8 Å². The van der Waals surface area contributed by atoms with Crippen LogP contribution in [-0.4, -0.2) is 34.3 Å². The maximum absolute atomic E-state index is 12.5. The molecule has 9 heteroatoms. The van der Waals surface area contributed by atoms with Crippen LogP contribution in [0.5, 0.6) is 0 Å². The van der Waals surface area contributed by atoms with Gasteiger partial charge in [0, 0.05) is 22.8 Å². The van der Waals surface area contributed by atoms with Gasteiger partial charge in [-0.15, -0.1) is 0 Å². The molecule has 2 aliphatic rings. The van der Waals surface area contributed by atoms with Gasteiger partial charge in [0.25, 0.3) is 0 Å². The zero-order chi connectivity index (χ0) is 18.6. The van der Waals surface area contributed by atoms with Crippen LogP contribution in [0.1, 0.15) is 17.3 Å². The first-order valence-electron chi connectivity index (χ1n) is 7.24. The lowest BCUT2D eigenvalue weighted by Gasteiger charge is -2.31. The number of halogens is 2. The molecule has 0 saturated heterocycles. The van der Waals surface area contributed by atoms with Gasteiger partial charge in [-0.25, -0.2) is 0 Å². The van der Waals surface area contributed by atoms with Crippen LogP contribution in [0.15, 0.2) is 57.7 Å². The lowest BCUT2D eigenvalue weighted by molar-refractivity contribution is -1.92. The molecule has 0 saturated carbocycles. The molecule has 25 heavy (non-hydrogen) atoms. The first kappa shape index (κ1) is 19.8. The fraction of sp³-hybridized carbons (Fsp3) is 0.250. The molecule has 1 atom stereocenters. The Labute approximate surface area is 155 Å². The van der Waals surface area contributed by atoms with E-state index in [1.54, 1.807) is 0 Å². The van der Waals surface area contributed by atoms with E-state index in [-0.39, 0.29) is 11.7 Å². The number of carbonyl (C=O) groups excluding carboxylic acids is 1. The number of fused-ring (bicyclic) bond motifs is 1. The van der Waals surface area contributed by atoms with Crippen molar-refractivity contribution in [1.29, 1.82) is 0 Å². The van der Waals surface area contributed by atoms with Gasteiger partial charge in [0.05, 0.1) is 27.4 Å². The van der Waals surface area contributed by atoms with Crippen LogP contribution in [0.25, 0.3) is 0 Å². The first-order valence-corrected chi connectivity index (χ1v) is 9.30. The van der Waals surface area contributed by atoms with Gasteiger partial charge in [-0.1, -0.05) is 28.1 Å². The van der Waals surface area contributed by atoms with Crippen LogP contribution in [0.2, 0.25) is 0 Å². The molecule has 0 aliphatic carbocycles. The minimum atomic E-state index is -4.69. The maximum Gasteiger partial charge on any atom is 0.169 e.